The number of fused-ring (bicyclic) bond motifs is 4. The SMILES string of the molecule is N#[N+]C1=C2C(=O)c3ccccc3C(O)=C2c2ccccc21. The Morgan fingerprint density at radius 3 is 2.05 bits per heavy atom. The molecule has 4 heteroatoms. The van der Waals surface area contributed by atoms with Crippen molar-refractivity contribution >= 4 is 22.8 Å². The summed E-state index contributed by atoms with van der Waals surface area (Å²) in [7, 11) is 0. The van der Waals surface area contributed by atoms with E-state index < -0.39 is 0 Å². The van der Waals surface area contributed by atoms with E-state index in [9.17, 15) is 15.3 Å². The zero-order valence-electron chi connectivity index (χ0n) is 10.9. The molecule has 0 radical (unpaired) electrons. The molecular weight excluding hydrogens is 264 g/mol. The molecular formula is C17H9N2O2+. The van der Waals surface area contributed by atoms with E-state index in [1.165, 1.54) is 0 Å². The zero-order chi connectivity index (χ0) is 14.6. The van der Waals surface area contributed by atoms with Crippen LogP contribution in [0.5, 0.6) is 0 Å². The third-order valence-corrected chi connectivity index (χ3v) is 3.93. The van der Waals surface area contributed by atoms with E-state index in [1.54, 1.807) is 42.5 Å². The molecule has 4 rings (SSSR count). The van der Waals surface area contributed by atoms with E-state index in [4.69, 9.17) is 0 Å². The zero-order valence-corrected chi connectivity index (χ0v) is 10.9. The van der Waals surface area contributed by atoms with Crippen LogP contribution < -0.4 is 0 Å². The molecule has 0 fully saturated rings. The number of diazo groups is 1. The number of aliphatic hydroxyl groups is 1. The van der Waals surface area contributed by atoms with Gasteiger partial charge in [0.2, 0.25) is 11.2 Å². The number of aliphatic hydroxyl groups excluding tert-OH is 1. The molecule has 0 bridgehead atoms. The highest BCUT2D eigenvalue weighted by Crippen LogP contribution is 2.49. The Hall–Kier alpha value is -3.19. The summed E-state index contributed by atoms with van der Waals surface area (Å²) in [5.74, 6) is -0.186. The average Bonchev–Trinajstić information content (AvgIpc) is 2.87. The van der Waals surface area contributed by atoms with Crippen molar-refractivity contribution in [2.24, 2.45) is 0 Å². The van der Waals surface area contributed by atoms with Crippen LogP contribution in [0.4, 0.5) is 0 Å². The molecule has 0 heterocycles. The van der Waals surface area contributed by atoms with Crippen LogP contribution >= 0.6 is 0 Å². The van der Waals surface area contributed by atoms with Crippen molar-refractivity contribution in [3.63, 3.8) is 0 Å². The lowest BCUT2D eigenvalue weighted by Gasteiger charge is -2.17. The highest BCUT2D eigenvalue weighted by Gasteiger charge is 2.44. The second-order valence-corrected chi connectivity index (χ2v) is 4.97. The van der Waals surface area contributed by atoms with Crippen molar-refractivity contribution in [2.45, 2.75) is 0 Å². The lowest BCUT2D eigenvalue weighted by molar-refractivity contribution is 0.103. The summed E-state index contributed by atoms with van der Waals surface area (Å²) in [4.78, 5) is 16.0. The topological polar surface area (TPSA) is 65.5 Å². The smallest absolute Gasteiger partial charge is 0.404 e. The first kappa shape index (κ1) is 11.6. The Balaban J connectivity index is 2.18. The van der Waals surface area contributed by atoms with E-state index in [-0.39, 0.29) is 22.8 Å². The fourth-order valence-corrected chi connectivity index (χ4v) is 3.02. The fourth-order valence-electron chi connectivity index (χ4n) is 3.02. The van der Waals surface area contributed by atoms with Gasteiger partial charge in [0.15, 0.2) is 4.98 Å². The number of Topliss-reactive ketones (excluding diaryl/α,β-unsaturated/α-hetero) is 1. The Kier molecular flexibility index (Phi) is 2.16. The molecule has 2 aromatic carbocycles. The van der Waals surface area contributed by atoms with Gasteiger partial charge in [-0.15, -0.1) is 0 Å². The first-order valence-electron chi connectivity index (χ1n) is 6.51. The van der Waals surface area contributed by atoms with Gasteiger partial charge in [-0.05, 0) is 6.07 Å². The van der Waals surface area contributed by atoms with E-state index in [2.05, 4.69) is 4.98 Å². The van der Waals surface area contributed by atoms with Gasteiger partial charge in [-0.25, -0.2) is 0 Å². The minimum Gasteiger partial charge on any atom is -0.507 e. The molecule has 0 spiro atoms. The van der Waals surface area contributed by atoms with E-state index >= 15 is 0 Å². The van der Waals surface area contributed by atoms with Gasteiger partial charge in [-0.2, -0.15) is 0 Å². The fraction of sp³-hybridized carbons (Fsp3) is 0. The number of allylic oxidation sites excluding steroid dienone is 2. The minimum atomic E-state index is -0.234. The molecule has 1 N–H and O–H groups in total. The second-order valence-electron chi connectivity index (χ2n) is 4.97. The van der Waals surface area contributed by atoms with E-state index in [1.807, 2.05) is 6.07 Å². The maximum Gasteiger partial charge on any atom is 0.404 e. The van der Waals surface area contributed by atoms with E-state index in [0.29, 0.717) is 27.8 Å². The quantitative estimate of drug-likeness (QED) is 0.740. The van der Waals surface area contributed by atoms with Crippen LogP contribution in [0.3, 0.4) is 0 Å². The van der Waals surface area contributed by atoms with Gasteiger partial charge in [-0.3, -0.25) is 4.79 Å². The minimum absolute atomic E-state index is 0.0475. The number of carbonyl (C=O) groups excluding carboxylic acids is 1. The number of hydrogen-bond donors (Lipinski definition) is 1. The molecule has 21 heavy (non-hydrogen) atoms. The molecule has 0 saturated carbocycles. The van der Waals surface area contributed by atoms with Crippen molar-refractivity contribution in [3.8, 4) is 0 Å². The highest BCUT2D eigenvalue weighted by molar-refractivity contribution is 6.33. The van der Waals surface area contributed by atoms with Crippen LogP contribution in [0.15, 0.2) is 54.1 Å². The molecule has 2 aliphatic carbocycles. The third kappa shape index (κ3) is 1.32. The number of ketones is 1. The second kappa shape index (κ2) is 3.90. The van der Waals surface area contributed by atoms with Crippen molar-refractivity contribution < 1.29 is 9.90 Å². The number of carbonyl (C=O) groups is 1. The number of hydrogen-bond acceptors (Lipinski definition) is 3. The number of nitrogens with zero attached hydrogens (tertiary/aromatic N) is 2. The average molecular weight is 273 g/mol. The van der Waals surface area contributed by atoms with Gasteiger partial charge >= 0.3 is 5.70 Å². The van der Waals surface area contributed by atoms with Gasteiger partial charge in [0, 0.05) is 22.3 Å². The Bertz CT molecular complexity index is 930. The highest BCUT2D eigenvalue weighted by atomic mass is 16.3. The standard InChI is InChI=1S/C17H8N2O2/c18-19-15-10-6-2-1-5-9(10)13-14(15)17(21)12-8-4-3-7-11(12)16(13)20/h1-8H/p+1. The van der Waals surface area contributed by atoms with Crippen LogP contribution in [0, 0.1) is 5.39 Å². The molecule has 0 atom stereocenters. The summed E-state index contributed by atoms with van der Waals surface area (Å²) in [6, 6.07) is 14.1. The molecule has 2 aromatic rings. The molecule has 4 nitrogen and oxygen atoms in total. The van der Waals surface area contributed by atoms with Crippen LogP contribution in [-0.2, 0) is 0 Å². The van der Waals surface area contributed by atoms with Crippen molar-refractivity contribution in [2.75, 3.05) is 0 Å². The Morgan fingerprint density at radius 1 is 0.810 bits per heavy atom. The van der Waals surface area contributed by atoms with Crippen molar-refractivity contribution in [3.05, 3.63) is 81.3 Å². The predicted octanol–water partition coefficient (Wildman–Crippen LogP) is 3.89. The first-order valence-corrected chi connectivity index (χ1v) is 6.51. The van der Waals surface area contributed by atoms with Crippen LogP contribution in [-0.4, -0.2) is 10.9 Å². The molecule has 0 unspecified atom stereocenters. The summed E-state index contributed by atoms with van der Waals surface area (Å²) in [5, 5.41) is 19.9. The molecule has 0 saturated heterocycles. The maximum absolute atomic E-state index is 12.7. The van der Waals surface area contributed by atoms with Gasteiger partial charge in [0.1, 0.15) is 11.3 Å². The van der Waals surface area contributed by atoms with Crippen molar-refractivity contribution in [1.29, 1.82) is 5.39 Å². The van der Waals surface area contributed by atoms with Gasteiger partial charge in [0.25, 0.3) is 0 Å². The first-order chi connectivity index (χ1) is 10.2. The third-order valence-electron chi connectivity index (χ3n) is 3.93. The molecule has 0 amide bonds. The Labute approximate surface area is 120 Å². The summed E-state index contributed by atoms with van der Waals surface area (Å²) in [6.45, 7) is 0. The largest absolute Gasteiger partial charge is 0.507 e. The molecule has 2 aliphatic rings. The summed E-state index contributed by atoms with van der Waals surface area (Å²) in [5.41, 5.74) is 3.21. The monoisotopic (exact) mass is 273 g/mol. The van der Waals surface area contributed by atoms with Gasteiger partial charge < -0.3 is 5.11 Å². The summed E-state index contributed by atoms with van der Waals surface area (Å²) in [6.07, 6.45) is 0. The van der Waals surface area contributed by atoms with Crippen molar-refractivity contribution in [1.82, 2.24) is 0 Å². The number of rotatable bonds is 0. The van der Waals surface area contributed by atoms with Crippen LogP contribution in [0.25, 0.3) is 22.0 Å². The predicted molar refractivity (Wildman–Crippen MR) is 78.7 cm³/mol. The molecule has 98 valence electrons. The molecule has 0 aromatic heterocycles. The summed E-state index contributed by atoms with van der Waals surface area (Å²) >= 11 is 0. The normalized spacial score (nSPS) is 15.5. The van der Waals surface area contributed by atoms with Crippen LogP contribution in [0.2, 0.25) is 0 Å². The molecule has 0 aliphatic heterocycles. The lowest BCUT2D eigenvalue weighted by Crippen LogP contribution is -2.13. The number of benzene rings is 2. The summed E-state index contributed by atoms with van der Waals surface area (Å²) < 4.78 is 0. The van der Waals surface area contributed by atoms with Gasteiger partial charge in [0.05, 0.1) is 5.56 Å². The maximum atomic E-state index is 12.7. The lowest BCUT2D eigenvalue weighted by atomic mass is 9.85. The van der Waals surface area contributed by atoms with Gasteiger partial charge in [-0.1, -0.05) is 42.5 Å². The Morgan fingerprint density at radius 2 is 1.38 bits per heavy atom. The van der Waals surface area contributed by atoms with E-state index in [0.717, 1.165) is 0 Å². The van der Waals surface area contributed by atoms with Crippen LogP contribution in [0.1, 0.15) is 27.0 Å².